The molecule has 2 aromatic carbocycles. The molecule has 0 aliphatic rings. The molecule has 2 aromatic heterocycles. The summed E-state index contributed by atoms with van der Waals surface area (Å²) in [5.74, 6) is 0. The van der Waals surface area contributed by atoms with Gasteiger partial charge in [0.15, 0.2) is 0 Å². The first-order valence-corrected chi connectivity index (χ1v) is 10.0. The Labute approximate surface area is 179 Å². The van der Waals surface area contributed by atoms with Crippen molar-refractivity contribution in [3.63, 3.8) is 0 Å². The van der Waals surface area contributed by atoms with Crippen molar-refractivity contribution in [3.8, 4) is 0 Å². The Kier molecular flexibility index (Phi) is 17.0. The van der Waals surface area contributed by atoms with E-state index in [4.69, 9.17) is 0 Å². The molecule has 158 valence electrons. The van der Waals surface area contributed by atoms with Crippen LogP contribution in [0.2, 0.25) is 0 Å². The van der Waals surface area contributed by atoms with E-state index >= 15 is 0 Å². The fourth-order valence-corrected chi connectivity index (χ4v) is 2.61. The Balaban J connectivity index is 0. The minimum Gasteiger partial charge on any atom is -0.254 e. The Bertz CT molecular complexity index is 831. The molecule has 0 radical (unpaired) electrons. The van der Waals surface area contributed by atoms with Crippen LogP contribution in [0.4, 0.5) is 0 Å². The normalized spacial score (nSPS) is 8.59. The Morgan fingerprint density at radius 2 is 1.03 bits per heavy atom. The summed E-state index contributed by atoms with van der Waals surface area (Å²) >= 11 is 0. The van der Waals surface area contributed by atoms with E-state index in [-0.39, 0.29) is 14.9 Å². The number of pyridine rings is 2. The predicted molar refractivity (Wildman–Crippen MR) is 134 cm³/mol. The van der Waals surface area contributed by atoms with Crippen LogP contribution in [0.15, 0.2) is 79.1 Å². The van der Waals surface area contributed by atoms with Crippen LogP contribution in [-0.4, -0.2) is 9.97 Å². The van der Waals surface area contributed by atoms with Crippen molar-refractivity contribution in [2.75, 3.05) is 0 Å². The second-order valence-electron chi connectivity index (χ2n) is 5.45. The van der Waals surface area contributed by atoms with Crippen LogP contribution in [0.3, 0.4) is 0 Å². The number of hydrogen-bond donors (Lipinski definition) is 0. The van der Waals surface area contributed by atoms with Crippen molar-refractivity contribution in [1.82, 2.24) is 9.97 Å². The monoisotopic (exact) mass is 392 g/mol. The number of rotatable bonds is 2. The van der Waals surface area contributed by atoms with Crippen molar-refractivity contribution in [2.24, 2.45) is 0 Å². The number of hydrogen-bond acceptors (Lipinski definition) is 2. The smallest absolute Gasteiger partial charge is 0.0964 e. The molecular weight excluding hydrogens is 352 g/mol. The van der Waals surface area contributed by atoms with Gasteiger partial charge in [-0.3, -0.25) is 9.97 Å². The van der Waals surface area contributed by atoms with E-state index in [0.717, 1.165) is 21.8 Å². The largest absolute Gasteiger partial charge is 0.254 e. The molecule has 0 atom stereocenters. The van der Waals surface area contributed by atoms with Crippen LogP contribution in [0.1, 0.15) is 61.5 Å². The molecule has 0 fully saturated rings. The van der Waals surface area contributed by atoms with Gasteiger partial charge in [-0.15, -0.1) is 0 Å². The fourth-order valence-electron chi connectivity index (χ4n) is 2.61. The van der Waals surface area contributed by atoms with Crippen molar-refractivity contribution >= 4 is 21.8 Å². The van der Waals surface area contributed by atoms with E-state index in [2.05, 4.69) is 71.5 Å². The SMILES string of the molecule is C.C.CC.CC.CCCc1ccccc1.c1cnc2c(c1)ccc1cccnc12. The van der Waals surface area contributed by atoms with Gasteiger partial charge < -0.3 is 0 Å². The van der Waals surface area contributed by atoms with Crippen molar-refractivity contribution < 1.29 is 0 Å². The first-order chi connectivity index (χ1) is 13.4. The maximum atomic E-state index is 4.35. The second kappa shape index (κ2) is 17.4. The lowest BCUT2D eigenvalue weighted by Crippen LogP contribution is -1.83. The summed E-state index contributed by atoms with van der Waals surface area (Å²) in [6.07, 6.45) is 6.05. The standard InChI is InChI=1S/C12H8N2.C9H12.2C2H6.2CH4/c1-3-9-5-6-10-4-2-8-14-12(10)11(9)13-7-1;1-2-6-9-7-4-3-5-8-9;2*1-2;;/h1-8H;3-5,7-8H,2,6H2,1H3;2*1-2H3;2*1H4. The van der Waals surface area contributed by atoms with E-state index < -0.39 is 0 Å². The lowest BCUT2D eigenvalue weighted by molar-refractivity contribution is 0.922. The minimum absolute atomic E-state index is 0. The topological polar surface area (TPSA) is 25.8 Å². The molecular formula is C27H40N2. The van der Waals surface area contributed by atoms with Crippen molar-refractivity contribution in [3.05, 3.63) is 84.7 Å². The van der Waals surface area contributed by atoms with Gasteiger partial charge in [0.05, 0.1) is 11.0 Å². The third kappa shape index (κ3) is 8.87. The van der Waals surface area contributed by atoms with Gasteiger partial charge >= 0.3 is 0 Å². The molecule has 0 spiro atoms. The number of fused-ring (bicyclic) bond motifs is 3. The van der Waals surface area contributed by atoms with Gasteiger partial charge in [-0.2, -0.15) is 0 Å². The van der Waals surface area contributed by atoms with Gasteiger partial charge in [0.1, 0.15) is 0 Å². The van der Waals surface area contributed by atoms with Gasteiger partial charge in [-0.25, -0.2) is 0 Å². The summed E-state index contributed by atoms with van der Waals surface area (Å²) in [5, 5.41) is 2.28. The predicted octanol–water partition coefficient (Wildman–Crippen LogP) is 8.75. The lowest BCUT2D eigenvalue weighted by Gasteiger charge is -2.00. The van der Waals surface area contributed by atoms with E-state index in [9.17, 15) is 0 Å². The van der Waals surface area contributed by atoms with Crippen LogP contribution in [0.25, 0.3) is 21.8 Å². The molecule has 0 aliphatic carbocycles. The maximum Gasteiger partial charge on any atom is 0.0964 e. The second-order valence-corrected chi connectivity index (χ2v) is 5.45. The summed E-state index contributed by atoms with van der Waals surface area (Å²) in [4.78, 5) is 8.69. The number of benzene rings is 2. The van der Waals surface area contributed by atoms with Crippen LogP contribution < -0.4 is 0 Å². The molecule has 0 saturated carbocycles. The minimum atomic E-state index is 0. The molecule has 2 heterocycles. The van der Waals surface area contributed by atoms with Crippen LogP contribution in [-0.2, 0) is 6.42 Å². The van der Waals surface area contributed by atoms with Gasteiger partial charge in [0, 0.05) is 23.2 Å². The van der Waals surface area contributed by atoms with Crippen LogP contribution in [0, 0.1) is 0 Å². The first-order valence-electron chi connectivity index (χ1n) is 10.0. The fraction of sp³-hybridized carbons (Fsp3) is 0.333. The highest BCUT2D eigenvalue weighted by Gasteiger charge is 2.00. The first kappa shape index (κ1) is 28.5. The highest BCUT2D eigenvalue weighted by atomic mass is 14.7. The molecule has 4 aromatic rings. The van der Waals surface area contributed by atoms with Crippen molar-refractivity contribution in [1.29, 1.82) is 0 Å². The van der Waals surface area contributed by atoms with E-state index in [0.29, 0.717) is 0 Å². The molecule has 0 aliphatic heterocycles. The third-order valence-electron chi connectivity index (χ3n) is 3.73. The van der Waals surface area contributed by atoms with E-state index in [1.165, 1.54) is 18.4 Å². The molecule has 0 saturated heterocycles. The van der Waals surface area contributed by atoms with Crippen LogP contribution in [0.5, 0.6) is 0 Å². The maximum absolute atomic E-state index is 4.35. The molecule has 4 rings (SSSR count). The van der Waals surface area contributed by atoms with Crippen molar-refractivity contribution in [2.45, 2.75) is 62.3 Å². The van der Waals surface area contributed by atoms with Gasteiger partial charge in [0.2, 0.25) is 0 Å². The van der Waals surface area contributed by atoms with Gasteiger partial charge in [-0.1, -0.05) is 110 Å². The molecule has 0 amide bonds. The summed E-state index contributed by atoms with van der Waals surface area (Å²) in [7, 11) is 0. The highest BCUT2D eigenvalue weighted by molar-refractivity contribution is 6.02. The number of nitrogens with zero attached hydrogens (tertiary/aromatic N) is 2. The Morgan fingerprint density at radius 3 is 1.45 bits per heavy atom. The van der Waals surface area contributed by atoms with Gasteiger partial charge in [-0.05, 0) is 24.1 Å². The molecule has 0 unspecified atom stereocenters. The van der Waals surface area contributed by atoms with Gasteiger partial charge in [0.25, 0.3) is 0 Å². The zero-order chi connectivity index (χ0) is 19.9. The number of aromatic nitrogens is 2. The Hall–Kier alpha value is -2.74. The van der Waals surface area contributed by atoms with E-state index in [1.807, 2.05) is 39.8 Å². The average Bonchev–Trinajstić information content (AvgIpc) is 2.78. The molecule has 0 N–H and O–H groups in total. The summed E-state index contributed by atoms with van der Waals surface area (Å²) in [5.41, 5.74) is 3.40. The highest BCUT2D eigenvalue weighted by Crippen LogP contribution is 2.20. The lowest BCUT2D eigenvalue weighted by atomic mass is 10.1. The molecule has 2 heteroatoms. The molecule has 2 nitrogen and oxygen atoms in total. The third-order valence-corrected chi connectivity index (χ3v) is 3.73. The zero-order valence-electron chi connectivity index (χ0n) is 17.3. The average molecular weight is 393 g/mol. The summed E-state index contributed by atoms with van der Waals surface area (Å²) in [6.45, 7) is 10.2. The quantitative estimate of drug-likeness (QED) is 0.319. The molecule has 29 heavy (non-hydrogen) atoms. The number of aryl methyl sites for hydroxylation is 1. The van der Waals surface area contributed by atoms with E-state index in [1.54, 1.807) is 12.4 Å². The summed E-state index contributed by atoms with van der Waals surface area (Å²) < 4.78 is 0. The summed E-state index contributed by atoms with van der Waals surface area (Å²) in [6, 6.07) is 22.7. The molecule has 0 bridgehead atoms. The zero-order valence-corrected chi connectivity index (χ0v) is 17.3. The van der Waals surface area contributed by atoms with Crippen LogP contribution >= 0.6 is 0 Å². The Morgan fingerprint density at radius 1 is 0.586 bits per heavy atom.